The Labute approximate surface area is 214 Å². The van der Waals surface area contributed by atoms with Crippen LogP contribution in [0, 0.1) is 0 Å². The Balaban J connectivity index is 1.21. The fraction of sp³-hybridized carbons (Fsp3) is 0.259. The third kappa shape index (κ3) is 4.23. The smallest absolute Gasteiger partial charge is 0.272 e. The van der Waals surface area contributed by atoms with Gasteiger partial charge in [-0.05, 0) is 48.0 Å². The van der Waals surface area contributed by atoms with Gasteiger partial charge in [-0.3, -0.25) is 9.69 Å². The van der Waals surface area contributed by atoms with Gasteiger partial charge in [0.05, 0.1) is 16.4 Å². The highest BCUT2D eigenvalue weighted by Crippen LogP contribution is 2.33. The lowest BCUT2D eigenvalue weighted by Gasteiger charge is -2.34. The monoisotopic (exact) mass is 503 g/mol. The number of carbonyl (C=O) groups excluding carboxylic acids is 1. The SMILES string of the molecule is Cn1cccc1-c1cc(C(=O)N2CCN(Cc3ccc4c(c3)OCO4)CC2)n(-c2ccccc2Cl)n1. The zero-order valence-electron chi connectivity index (χ0n) is 19.9. The molecule has 0 radical (unpaired) electrons. The van der Waals surface area contributed by atoms with Gasteiger partial charge in [-0.25, -0.2) is 4.68 Å². The third-order valence-corrected chi connectivity index (χ3v) is 7.04. The number of hydrogen-bond acceptors (Lipinski definition) is 5. The van der Waals surface area contributed by atoms with Crippen molar-refractivity contribution in [1.82, 2.24) is 24.1 Å². The molecule has 0 bridgehead atoms. The van der Waals surface area contributed by atoms with Gasteiger partial charge >= 0.3 is 0 Å². The Morgan fingerprint density at radius 3 is 2.56 bits per heavy atom. The second-order valence-electron chi connectivity index (χ2n) is 9.04. The molecule has 2 aliphatic heterocycles. The van der Waals surface area contributed by atoms with Crippen molar-refractivity contribution in [2.24, 2.45) is 7.05 Å². The highest BCUT2D eigenvalue weighted by molar-refractivity contribution is 6.32. The summed E-state index contributed by atoms with van der Waals surface area (Å²) in [4.78, 5) is 18.0. The zero-order valence-corrected chi connectivity index (χ0v) is 20.7. The molecule has 4 heterocycles. The lowest BCUT2D eigenvalue weighted by atomic mass is 10.1. The maximum absolute atomic E-state index is 13.7. The number of aromatic nitrogens is 3. The van der Waals surface area contributed by atoms with E-state index in [9.17, 15) is 4.79 Å². The number of benzene rings is 2. The van der Waals surface area contributed by atoms with Gasteiger partial charge in [-0.2, -0.15) is 5.10 Å². The minimum absolute atomic E-state index is 0.0504. The average molecular weight is 504 g/mol. The molecule has 6 rings (SSSR count). The molecule has 0 spiro atoms. The summed E-state index contributed by atoms with van der Waals surface area (Å²) in [5.74, 6) is 1.53. The lowest BCUT2D eigenvalue weighted by Crippen LogP contribution is -2.48. The molecule has 9 heteroatoms. The fourth-order valence-corrected chi connectivity index (χ4v) is 4.98. The van der Waals surface area contributed by atoms with E-state index in [0.717, 1.165) is 42.5 Å². The van der Waals surface area contributed by atoms with Crippen LogP contribution in [0.1, 0.15) is 16.1 Å². The molecule has 0 aliphatic carbocycles. The van der Waals surface area contributed by atoms with Crippen LogP contribution in [0.3, 0.4) is 0 Å². The fourth-order valence-electron chi connectivity index (χ4n) is 4.76. The van der Waals surface area contributed by atoms with Crippen LogP contribution in [0.4, 0.5) is 0 Å². The Hall–Kier alpha value is -3.75. The van der Waals surface area contributed by atoms with Crippen molar-refractivity contribution in [3.63, 3.8) is 0 Å². The average Bonchev–Trinajstić information content (AvgIpc) is 3.63. The number of ether oxygens (including phenoxy) is 2. The van der Waals surface area contributed by atoms with E-state index in [-0.39, 0.29) is 12.7 Å². The van der Waals surface area contributed by atoms with Crippen molar-refractivity contribution < 1.29 is 14.3 Å². The molecule has 0 atom stereocenters. The first-order valence-electron chi connectivity index (χ1n) is 11.9. The second kappa shape index (κ2) is 9.37. The topological polar surface area (TPSA) is 64.8 Å². The summed E-state index contributed by atoms with van der Waals surface area (Å²) in [6, 6.07) is 19.3. The second-order valence-corrected chi connectivity index (χ2v) is 9.45. The van der Waals surface area contributed by atoms with Gasteiger partial charge in [0.25, 0.3) is 5.91 Å². The van der Waals surface area contributed by atoms with Crippen LogP contribution in [-0.2, 0) is 13.6 Å². The molecule has 4 aromatic rings. The van der Waals surface area contributed by atoms with Crippen LogP contribution < -0.4 is 9.47 Å². The summed E-state index contributed by atoms with van der Waals surface area (Å²) < 4.78 is 14.6. The molecule has 1 amide bonds. The van der Waals surface area contributed by atoms with E-state index in [0.29, 0.717) is 29.5 Å². The predicted octanol–water partition coefficient (Wildman–Crippen LogP) is 4.22. The standard InChI is InChI=1S/C27H26ClN5O3/c1-30-10-4-7-23(30)21-16-24(33(29-21)22-6-3-2-5-20(22)28)27(34)32-13-11-31(12-14-32)17-19-8-9-25-26(15-19)36-18-35-25/h2-10,15-16H,11-14,17-18H2,1H3. The number of hydrogen-bond donors (Lipinski definition) is 0. The number of carbonyl (C=O) groups is 1. The summed E-state index contributed by atoms with van der Waals surface area (Å²) in [5.41, 5.74) is 4.02. The van der Waals surface area contributed by atoms with Gasteiger partial charge in [0, 0.05) is 46.0 Å². The summed E-state index contributed by atoms with van der Waals surface area (Å²) in [7, 11) is 1.96. The molecule has 1 fully saturated rings. The first-order valence-corrected chi connectivity index (χ1v) is 12.3. The molecular formula is C27H26ClN5O3. The van der Waals surface area contributed by atoms with Crippen LogP contribution >= 0.6 is 11.6 Å². The number of amides is 1. The van der Waals surface area contributed by atoms with E-state index in [2.05, 4.69) is 11.0 Å². The Morgan fingerprint density at radius 2 is 1.78 bits per heavy atom. The van der Waals surface area contributed by atoms with E-state index >= 15 is 0 Å². The molecule has 2 aromatic carbocycles. The van der Waals surface area contributed by atoms with Gasteiger partial charge in [-0.1, -0.05) is 29.8 Å². The lowest BCUT2D eigenvalue weighted by molar-refractivity contribution is 0.0619. The van der Waals surface area contributed by atoms with Crippen molar-refractivity contribution in [2.75, 3.05) is 33.0 Å². The van der Waals surface area contributed by atoms with Crippen molar-refractivity contribution in [1.29, 1.82) is 0 Å². The van der Waals surface area contributed by atoms with E-state index in [1.165, 1.54) is 5.56 Å². The zero-order chi connectivity index (χ0) is 24.6. The summed E-state index contributed by atoms with van der Waals surface area (Å²) in [6.07, 6.45) is 1.96. The van der Waals surface area contributed by atoms with Gasteiger partial charge < -0.3 is 18.9 Å². The summed E-state index contributed by atoms with van der Waals surface area (Å²) >= 11 is 6.50. The van der Waals surface area contributed by atoms with Gasteiger partial charge in [0.2, 0.25) is 6.79 Å². The molecule has 0 saturated carbocycles. The third-order valence-electron chi connectivity index (χ3n) is 6.72. The van der Waals surface area contributed by atoms with Crippen molar-refractivity contribution in [3.8, 4) is 28.6 Å². The van der Waals surface area contributed by atoms with Crippen LogP contribution in [0.5, 0.6) is 11.5 Å². The first-order chi connectivity index (χ1) is 17.6. The summed E-state index contributed by atoms with van der Waals surface area (Å²) in [5, 5.41) is 5.33. The molecular weight excluding hydrogens is 478 g/mol. The van der Waals surface area contributed by atoms with Crippen LogP contribution in [0.25, 0.3) is 17.1 Å². The largest absolute Gasteiger partial charge is 0.454 e. The van der Waals surface area contributed by atoms with Crippen molar-refractivity contribution >= 4 is 17.5 Å². The highest BCUT2D eigenvalue weighted by atomic mass is 35.5. The maximum atomic E-state index is 13.7. The van der Waals surface area contributed by atoms with Crippen molar-refractivity contribution in [2.45, 2.75) is 6.54 Å². The number of piperazine rings is 1. The molecule has 2 aliphatic rings. The van der Waals surface area contributed by atoms with Crippen LogP contribution in [0.15, 0.2) is 66.9 Å². The molecule has 1 saturated heterocycles. The quantitative estimate of drug-likeness (QED) is 0.408. The minimum atomic E-state index is -0.0504. The van der Waals surface area contributed by atoms with Crippen LogP contribution in [-0.4, -0.2) is 63.0 Å². The van der Waals surface area contributed by atoms with E-state index in [1.54, 1.807) is 4.68 Å². The Morgan fingerprint density at radius 1 is 0.972 bits per heavy atom. The van der Waals surface area contributed by atoms with E-state index < -0.39 is 0 Å². The van der Waals surface area contributed by atoms with Gasteiger partial charge in [0.15, 0.2) is 11.5 Å². The predicted molar refractivity (Wildman–Crippen MR) is 137 cm³/mol. The molecule has 2 aromatic heterocycles. The number of fused-ring (bicyclic) bond motifs is 1. The van der Waals surface area contributed by atoms with Gasteiger partial charge in [-0.15, -0.1) is 0 Å². The number of halogens is 1. The first kappa shape index (κ1) is 22.7. The van der Waals surface area contributed by atoms with Crippen molar-refractivity contribution in [3.05, 3.63) is 83.1 Å². The summed E-state index contributed by atoms with van der Waals surface area (Å²) in [6.45, 7) is 3.91. The van der Waals surface area contributed by atoms with E-state index in [4.69, 9.17) is 26.2 Å². The maximum Gasteiger partial charge on any atom is 0.272 e. The molecule has 0 N–H and O–H groups in total. The number of nitrogens with zero attached hydrogens (tertiary/aromatic N) is 5. The van der Waals surface area contributed by atoms with E-state index in [1.807, 2.05) is 77.3 Å². The minimum Gasteiger partial charge on any atom is -0.454 e. The number of rotatable bonds is 5. The molecule has 184 valence electrons. The van der Waals surface area contributed by atoms with Crippen LogP contribution in [0.2, 0.25) is 5.02 Å². The number of para-hydroxylation sites is 1. The Kier molecular flexibility index (Phi) is 5.91. The molecule has 8 nitrogen and oxygen atoms in total. The Bertz CT molecular complexity index is 1420. The normalized spacial score (nSPS) is 15.4. The highest BCUT2D eigenvalue weighted by Gasteiger charge is 2.27. The number of aryl methyl sites for hydroxylation is 1. The van der Waals surface area contributed by atoms with Gasteiger partial charge in [0.1, 0.15) is 11.4 Å². The molecule has 0 unspecified atom stereocenters. The molecule has 36 heavy (non-hydrogen) atoms.